The Balaban J connectivity index is 1.21. The predicted molar refractivity (Wildman–Crippen MR) is 91.7 cm³/mol. The van der Waals surface area contributed by atoms with Gasteiger partial charge in [0, 0.05) is 43.4 Å². The first kappa shape index (κ1) is 15.9. The molecule has 2 atom stereocenters. The van der Waals surface area contributed by atoms with Crippen LogP contribution in [-0.4, -0.2) is 52.9 Å². The van der Waals surface area contributed by atoms with E-state index in [1.54, 1.807) is 16.2 Å². The minimum atomic E-state index is -0.0529. The molecule has 0 bridgehead atoms. The number of piperazine rings is 1. The SMILES string of the molecule is CC1CC1C(=O)N1CCN(C(=O)NCc2csc(C3CC3)n2)CC1. The molecule has 24 heavy (non-hydrogen) atoms. The number of carbonyl (C=O) groups excluding carboxylic acids is 2. The lowest BCUT2D eigenvalue weighted by molar-refractivity contribution is -0.134. The molecule has 1 aliphatic heterocycles. The minimum Gasteiger partial charge on any atom is -0.339 e. The van der Waals surface area contributed by atoms with E-state index in [-0.39, 0.29) is 17.9 Å². The summed E-state index contributed by atoms with van der Waals surface area (Å²) in [4.78, 5) is 32.8. The van der Waals surface area contributed by atoms with Crippen molar-refractivity contribution >= 4 is 23.3 Å². The van der Waals surface area contributed by atoms with Crippen molar-refractivity contribution in [2.75, 3.05) is 26.2 Å². The van der Waals surface area contributed by atoms with Gasteiger partial charge < -0.3 is 15.1 Å². The number of urea groups is 1. The Bertz CT molecular complexity index is 634. The number of rotatable bonds is 4. The third kappa shape index (κ3) is 3.41. The highest BCUT2D eigenvalue weighted by Gasteiger charge is 2.42. The van der Waals surface area contributed by atoms with E-state index >= 15 is 0 Å². The number of thiazole rings is 1. The van der Waals surface area contributed by atoms with E-state index in [1.807, 2.05) is 10.3 Å². The van der Waals surface area contributed by atoms with Crippen LogP contribution in [0.4, 0.5) is 4.79 Å². The van der Waals surface area contributed by atoms with Crippen LogP contribution in [0.2, 0.25) is 0 Å². The molecule has 0 aromatic carbocycles. The van der Waals surface area contributed by atoms with Crippen LogP contribution in [0.15, 0.2) is 5.38 Å². The molecule has 2 heterocycles. The second-order valence-corrected chi connectivity index (χ2v) is 8.13. The van der Waals surface area contributed by atoms with Crippen LogP contribution in [-0.2, 0) is 11.3 Å². The lowest BCUT2D eigenvalue weighted by atomic mass is 10.2. The van der Waals surface area contributed by atoms with Gasteiger partial charge in [0.2, 0.25) is 5.91 Å². The maximum absolute atomic E-state index is 12.3. The summed E-state index contributed by atoms with van der Waals surface area (Å²) in [5.74, 6) is 1.71. The number of hydrogen-bond donors (Lipinski definition) is 1. The van der Waals surface area contributed by atoms with Crippen LogP contribution >= 0.6 is 11.3 Å². The molecule has 1 aromatic rings. The van der Waals surface area contributed by atoms with E-state index in [0.29, 0.717) is 44.6 Å². The topological polar surface area (TPSA) is 65.5 Å². The number of hydrogen-bond acceptors (Lipinski definition) is 4. The minimum absolute atomic E-state index is 0.0529. The fourth-order valence-electron chi connectivity index (χ4n) is 3.23. The molecule has 3 aliphatic rings. The van der Waals surface area contributed by atoms with Crippen LogP contribution in [0, 0.1) is 11.8 Å². The average molecular weight is 348 g/mol. The van der Waals surface area contributed by atoms with Crippen LogP contribution < -0.4 is 5.32 Å². The highest BCUT2D eigenvalue weighted by atomic mass is 32.1. The maximum Gasteiger partial charge on any atom is 0.317 e. The van der Waals surface area contributed by atoms with Gasteiger partial charge in [-0.2, -0.15) is 0 Å². The van der Waals surface area contributed by atoms with Gasteiger partial charge in [-0.3, -0.25) is 4.79 Å². The fraction of sp³-hybridized carbons (Fsp3) is 0.706. The van der Waals surface area contributed by atoms with Crippen molar-refractivity contribution in [1.29, 1.82) is 0 Å². The molecule has 3 fully saturated rings. The standard InChI is InChI=1S/C17H24N4O2S/c1-11-8-14(11)16(22)20-4-6-21(7-5-20)17(23)18-9-13-10-24-15(19-13)12-2-3-12/h10-12,14H,2-9H2,1H3,(H,18,23). The monoisotopic (exact) mass is 348 g/mol. The Morgan fingerprint density at radius 3 is 2.54 bits per heavy atom. The van der Waals surface area contributed by atoms with Gasteiger partial charge in [0.25, 0.3) is 0 Å². The number of carbonyl (C=O) groups is 2. The van der Waals surface area contributed by atoms with Crippen LogP contribution in [0.5, 0.6) is 0 Å². The molecule has 2 aliphatic carbocycles. The Labute approximate surface area is 146 Å². The first-order valence-electron chi connectivity index (χ1n) is 8.87. The zero-order chi connectivity index (χ0) is 16.7. The number of amides is 3. The molecule has 1 N–H and O–H groups in total. The first-order chi connectivity index (χ1) is 11.6. The molecular formula is C17H24N4O2S. The molecular weight excluding hydrogens is 324 g/mol. The zero-order valence-corrected chi connectivity index (χ0v) is 14.8. The van der Waals surface area contributed by atoms with Gasteiger partial charge in [0.1, 0.15) is 0 Å². The third-order valence-corrected chi connectivity index (χ3v) is 6.28. The van der Waals surface area contributed by atoms with Crippen molar-refractivity contribution in [2.24, 2.45) is 11.8 Å². The summed E-state index contributed by atoms with van der Waals surface area (Å²) >= 11 is 1.70. The first-order valence-corrected chi connectivity index (χ1v) is 9.75. The number of aromatic nitrogens is 1. The van der Waals surface area contributed by atoms with Gasteiger partial charge in [0.05, 0.1) is 17.2 Å². The van der Waals surface area contributed by atoms with Gasteiger partial charge in [-0.1, -0.05) is 6.92 Å². The Hall–Kier alpha value is -1.63. The average Bonchev–Trinajstić information content (AvgIpc) is 3.52. The van der Waals surface area contributed by atoms with Gasteiger partial charge in [-0.05, 0) is 25.2 Å². The third-order valence-electron chi connectivity index (χ3n) is 5.22. The highest BCUT2D eigenvalue weighted by molar-refractivity contribution is 7.09. The normalized spacial score (nSPS) is 26.4. The molecule has 1 saturated heterocycles. The summed E-state index contributed by atoms with van der Waals surface area (Å²) < 4.78 is 0. The van der Waals surface area contributed by atoms with Crippen molar-refractivity contribution in [3.8, 4) is 0 Å². The number of nitrogens with one attached hydrogen (secondary N) is 1. The Morgan fingerprint density at radius 2 is 1.92 bits per heavy atom. The lowest BCUT2D eigenvalue weighted by Gasteiger charge is -2.34. The lowest BCUT2D eigenvalue weighted by Crippen LogP contribution is -2.53. The fourth-order valence-corrected chi connectivity index (χ4v) is 4.22. The van der Waals surface area contributed by atoms with Crippen molar-refractivity contribution in [1.82, 2.24) is 20.1 Å². The molecule has 4 rings (SSSR count). The summed E-state index contributed by atoms with van der Waals surface area (Å²) in [5.41, 5.74) is 0.951. The van der Waals surface area contributed by atoms with Crippen LogP contribution in [0.25, 0.3) is 0 Å². The molecule has 130 valence electrons. The van der Waals surface area contributed by atoms with Crippen LogP contribution in [0.1, 0.15) is 42.8 Å². The number of nitrogens with zero attached hydrogens (tertiary/aromatic N) is 3. The van der Waals surface area contributed by atoms with Gasteiger partial charge in [-0.25, -0.2) is 9.78 Å². The predicted octanol–water partition coefficient (Wildman–Crippen LogP) is 2.03. The van der Waals surface area contributed by atoms with E-state index in [9.17, 15) is 9.59 Å². The van der Waals surface area contributed by atoms with E-state index in [2.05, 4.69) is 17.2 Å². The summed E-state index contributed by atoms with van der Waals surface area (Å²) in [6.45, 7) is 5.14. The molecule has 2 unspecified atom stereocenters. The smallest absolute Gasteiger partial charge is 0.317 e. The van der Waals surface area contributed by atoms with E-state index in [4.69, 9.17) is 0 Å². The largest absolute Gasteiger partial charge is 0.339 e. The van der Waals surface area contributed by atoms with E-state index < -0.39 is 0 Å². The maximum atomic E-state index is 12.3. The van der Waals surface area contributed by atoms with Crippen molar-refractivity contribution in [3.05, 3.63) is 16.1 Å². The summed E-state index contributed by atoms with van der Waals surface area (Å²) in [6.07, 6.45) is 3.53. The molecule has 0 spiro atoms. The summed E-state index contributed by atoms with van der Waals surface area (Å²) in [7, 11) is 0. The summed E-state index contributed by atoms with van der Waals surface area (Å²) in [5, 5.41) is 6.21. The van der Waals surface area contributed by atoms with Crippen LogP contribution in [0.3, 0.4) is 0 Å². The van der Waals surface area contributed by atoms with Gasteiger partial charge in [0.15, 0.2) is 0 Å². The summed E-state index contributed by atoms with van der Waals surface area (Å²) in [6, 6.07) is -0.0529. The van der Waals surface area contributed by atoms with Crippen molar-refractivity contribution < 1.29 is 9.59 Å². The van der Waals surface area contributed by atoms with Crippen molar-refractivity contribution in [2.45, 2.75) is 38.6 Å². The molecule has 0 radical (unpaired) electrons. The van der Waals surface area contributed by atoms with Gasteiger partial charge in [-0.15, -0.1) is 11.3 Å². The molecule has 3 amide bonds. The molecule has 1 aromatic heterocycles. The molecule has 2 saturated carbocycles. The molecule has 6 nitrogen and oxygen atoms in total. The second-order valence-electron chi connectivity index (χ2n) is 7.24. The quantitative estimate of drug-likeness (QED) is 0.905. The highest BCUT2D eigenvalue weighted by Crippen LogP contribution is 2.41. The zero-order valence-electron chi connectivity index (χ0n) is 14.0. The van der Waals surface area contributed by atoms with Crippen molar-refractivity contribution in [3.63, 3.8) is 0 Å². The second kappa shape index (κ2) is 6.35. The van der Waals surface area contributed by atoms with Gasteiger partial charge >= 0.3 is 6.03 Å². The Kier molecular flexibility index (Phi) is 4.20. The molecule has 7 heteroatoms. The van der Waals surface area contributed by atoms with E-state index in [1.165, 1.54) is 17.8 Å². The van der Waals surface area contributed by atoms with E-state index in [0.717, 1.165) is 12.1 Å². The Morgan fingerprint density at radius 1 is 1.25 bits per heavy atom.